The largest absolute Gasteiger partial charge is 0.497 e. The molecule has 1 aliphatic heterocycles. The lowest BCUT2D eigenvalue weighted by atomic mass is 10.1. The van der Waals surface area contributed by atoms with Gasteiger partial charge >= 0.3 is 0 Å². The number of hydrogen-bond acceptors (Lipinski definition) is 4. The molecule has 3 rings (SSSR count). The highest BCUT2D eigenvalue weighted by Gasteiger charge is 2.20. The molecule has 2 heterocycles. The second-order valence-electron chi connectivity index (χ2n) is 5.44. The van der Waals surface area contributed by atoms with Crippen molar-refractivity contribution in [1.82, 2.24) is 10.6 Å². The van der Waals surface area contributed by atoms with Crippen LogP contribution in [0.5, 0.6) is 5.75 Å². The number of ether oxygens (including phenoxy) is 1. The number of fused-ring (bicyclic) bond motifs is 1. The van der Waals surface area contributed by atoms with E-state index in [1.807, 2.05) is 25.1 Å². The van der Waals surface area contributed by atoms with Gasteiger partial charge in [-0.2, -0.15) is 0 Å². The quantitative estimate of drug-likeness (QED) is 0.902. The molecule has 0 aliphatic carbocycles. The van der Waals surface area contributed by atoms with E-state index in [2.05, 4.69) is 10.6 Å². The number of rotatable bonds is 3. The maximum Gasteiger partial charge on any atom is 0.261 e. The Balaban J connectivity index is 0.00000176. The maximum absolute atomic E-state index is 12.5. The number of methoxy groups -OCH3 is 1. The molecule has 0 bridgehead atoms. The van der Waals surface area contributed by atoms with Gasteiger partial charge in [-0.1, -0.05) is 0 Å². The van der Waals surface area contributed by atoms with Gasteiger partial charge in [0, 0.05) is 17.3 Å². The fourth-order valence-corrected chi connectivity index (χ4v) is 3.86. The molecule has 1 aromatic carbocycles. The average molecular weight is 341 g/mol. The van der Waals surface area contributed by atoms with Gasteiger partial charge in [-0.3, -0.25) is 4.79 Å². The number of halogens is 1. The second kappa shape index (κ2) is 7.31. The molecule has 1 fully saturated rings. The van der Waals surface area contributed by atoms with Crippen LogP contribution in [0.3, 0.4) is 0 Å². The highest BCUT2D eigenvalue weighted by atomic mass is 35.5. The van der Waals surface area contributed by atoms with E-state index in [-0.39, 0.29) is 24.4 Å². The van der Waals surface area contributed by atoms with Crippen molar-refractivity contribution in [1.29, 1.82) is 0 Å². The van der Waals surface area contributed by atoms with Crippen molar-refractivity contribution in [2.45, 2.75) is 25.8 Å². The van der Waals surface area contributed by atoms with Gasteiger partial charge in [0.15, 0.2) is 0 Å². The normalized spacial score (nSPS) is 17.8. The molecular formula is C16H21ClN2O2S. The summed E-state index contributed by atoms with van der Waals surface area (Å²) in [4.78, 5) is 13.3. The Kier molecular flexibility index (Phi) is 5.67. The van der Waals surface area contributed by atoms with E-state index in [9.17, 15) is 4.79 Å². The van der Waals surface area contributed by atoms with Crippen LogP contribution in [0.2, 0.25) is 0 Å². The van der Waals surface area contributed by atoms with Crippen LogP contribution in [0.1, 0.15) is 28.1 Å². The van der Waals surface area contributed by atoms with E-state index >= 15 is 0 Å². The molecule has 2 N–H and O–H groups in total. The summed E-state index contributed by atoms with van der Waals surface area (Å²) >= 11 is 1.55. The molecule has 0 radical (unpaired) electrons. The Morgan fingerprint density at radius 2 is 2.27 bits per heavy atom. The van der Waals surface area contributed by atoms with Gasteiger partial charge in [-0.05, 0) is 55.5 Å². The first-order valence-electron chi connectivity index (χ1n) is 7.28. The molecule has 0 spiro atoms. The minimum Gasteiger partial charge on any atom is -0.497 e. The van der Waals surface area contributed by atoms with E-state index < -0.39 is 0 Å². The first-order valence-corrected chi connectivity index (χ1v) is 8.09. The van der Waals surface area contributed by atoms with Crippen LogP contribution in [0.15, 0.2) is 18.2 Å². The first-order chi connectivity index (χ1) is 10.2. The predicted molar refractivity (Wildman–Crippen MR) is 93.7 cm³/mol. The molecule has 120 valence electrons. The van der Waals surface area contributed by atoms with Crippen LogP contribution < -0.4 is 15.4 Å². The Morgan fingerprint density at radius 3 is 2.95 bits per heavy atom. The first kappa shape index (κ1) is 17.1. The van der Waals surface area contributed by atoms with Crippen LogP contribution in [0.25, 0.3) is 10.1 Å². The minimum absolute atomic E-state index is 0. The molecule has 1 unspecified atom stereocenters. The fraction of sp³-hybridized carbons (Fsp3) is 0.438. The third kappa shape index (κ3) is 3.37. The zero-order valence-electron chi connectivity index (χ0n) is 12.8. The van der Waals surface area contributed by atoms with Gasteiger partial charge in [-0.25, -0.2) is 0 Å². The number of hydrogen-bond donors (Lipinski definition) is 2. The third-order valence-corrected chi connectivity index (χ3v) is 5.25. The van der Waals surface area contributed by atoms with E-state index in [0.29, 0.717) is 0 Å². The second-order valence-corrected chi connectivity index (χ2v) is 6.49. The highest BCUT2D eigenvalue weighted by Crippen LogP contribution is 2.33. The average Bonchev–Trinajstić information content (AvgIpc) is 2.85. The smallest absolute Gasteiger partial charge is 0.261 e. The predicted octanol–water partition coefficient (Wildman–Crippen LogP) is 3.12. The fourth-order valence-electron chi connectivity index (χ4n) is 2.77. The Hall–Kier alpha value is -1.30. The molecule has 0 saturated carbocycles. The van der Waals surface area contributed by atoms with Gasteiger partial charge in [0.05, 0.1) is 12.0 Å². The van der Waals surface area contributed by atoms with Crippen molar-refractivity contribution in [2.24, 2.45) is 0 Å². The molecule has 1 atom stereocenters. The van der Waals surface area contributed by atoms with Crippen molar-refractivity contribution in [3.8, 4) is 5.75 Å². The number of benzene rings is 1. The minimum atomic E-state index is 0. The number of piperidine rings is 1. The van der Waals surface area contributed by atoms with E-state index in [0.717, 1.165) is 52.2 Å². The summed E-state index contributed by atoms with van der Waals surface area (Å²) in [5.74, 6) is 0.869. The Morgan fingerprint density at radius 1 is 1.45 bits per heavy atom. The molecule has 1 aliphatic rings. The van der Waals surface area contributed by atoms with Crippen LogP contribution in [-0.4, -0.2) is 32.1 Å². The van der Waals surface area contributed by atoms with Gasteiger partial charge < -0.3 is 15.4 Å². The van der Waals surface area contributed by atoms with E-state index in [1.165, 1.54) is 0 Å². The number of nitrogens with one attached hydrogen (secondary N) is 2. The van der Waals surface area contributed by atoms with E-state index in [4.69, 9.17) is 4.74 Å². The number of carbonyl (C=O) groups is 1. The lowest BCUT2D eigenvalue weighted by molar-refractivity contribution is 0.0934. The number of carbonyl (C=O) groups excluding carboxylic acids is 1. The molecule has 1 amide bonds. The summed E-state index contributed by atoms with van der Waals surface area (Å²) < 4.78 is 6.39. The number of amides is 1. The molecule has 1 aromatic heterocycles. The lowest BCUT2D eigenvalue weighted by Crippen LogP contribution is -2.45. The summed E-state index contributed by atoms with van der Waals surface area (Å²) in [5.41, 5.74) is 1.04. The van der Waals surface area contributed by atoms with Gasteiger partial charge in [0.1, 0.15) is 5.75 Å². The molecule has 22 heavy (non-hydrogen) atoms. The SMILES string of the molecule is COc1ccc2sc(C(=O)NC3CCCNC3)c(C)c2c1.Cl. The van der Waals surface area contributed by atoms with Gasteiger partial charge in [-0.15, -0.1) is 23.7 Å². The van der Waals surface area contributed by atoms with Crippen molar-refractivity contribution < 1.29 is 9.53 Å². The topological polar surface area (TPSA) is 50.4 Å². The number of aryl methyl sites for hydroxylation is 1. The summed E-state index contributed by atoms with van der Waals surface area (Å²) in [6.07, 6.45) is 2.17. The Bertz CT molecular complexity index is 665. The van der Waals surface area contributed by atoms with Gasteiger partial charge in [0.25, 0.3) is 5.91 Å². The molecule has 2 aromatic rings. The van der Waals surface area contributed by atoms with Crippen LogP contribution in [0.4, 0.5) is 0 Å². The van der Waals surface area contributed by atoms with E-state index in [1.54, 1.807) is 18.4 Å². The lowest BCUT2D eigenvalue weighted by Gasteiger charge is -2.23. The van der Waals surface area contributed by atoms with Crippen molar-refractivity contribution >= 4 is 39.7 Å². The van der Waals surface area contributed by atoms with Gasteiger partial charge in [0.2, 0.25) is 0 Å². The third-order valence-electron chi connectivity index (χ3n) is 3.98. The monoisotopic (exact) mass is 340 g/mol. The Labute approximate surface area is 140 Å². The molecular weight excluding hydrogens is 320 g/mol. The van der Waals surface area contributed by atoms with Crippen LogP contribution in [0, 0.1) is 6.92 Å². The van der Waals surface area contributed by atoms with Crippen LogP contribution in [-0.2, 0) is 0 Å². The summed E-state index contributed by atoms with van der Waals surface area (Å²) in [6.45, 7) is 3.92. The molecule has 6 heteroatoms. The molecule has 4 nitrogen and oxygen atoms in total. The van der Waals surface area contributed by atoms with Crippen molar-refractivity contribution in [3.63, 3.8) is 0 Å². The standard InChI is InChI=1S/C16H20N2O2S.ClH/c1-10-13-8-12(20-2)5-6-14(13)21-15(10)16(19)18-11-4-3-7-17-9-11;/h5-6,8,11,17H,3-4,7,9H2,1-2H3,(H,18,19);1H. The summed E-state index contributed by atoms with van der Waals surface area (Å²) in [6, 6.07) is 6.20. The highest BCUT2D eigenvalue weighted by molar-refractivity contribution is 7.21. The van der Waals surface area contributed by atoms with Crippen molar-refractivity contribution in [2.75, 3.05) is 20.2 Å². The molecule has 1 saturated heterocycles. The maximum atomic E-state index is 12.5. The van der Waals surface area contributed by atoms with Crippen LogP contribution >= 0.6 is 23.7 Å². The zero-order valence-corrected chi connectivity index (χ0v) is 14.4. The number of thiophene rings is 1. The summed E-state index contributed by atoms with van der Waals surface area (Å²) in [5, 5.41) is 7.57. The van der Waals surface area contributed by atoms with Crippen molar-refractivity contribution in [3.05, 3.63) is 28.6 Å². The summed E-state index contributed by atoms with van der Waals surface area (Å²) in [7, 11) is 1.66. The zero-order chi connectivity index (χ0) is 14.8.